The number of hydrogen-bond donors (Lipinski definition) is 0. The topological polar surface area (TPSA) is 38.8 Å². The predicted molar refractivity (Wildman–Crippen MR) is 79.9 cm³/mol. The van der Waals surface area contributed by atoms with Crippen LogP contribution in [0, 0.1) is 5.92 Å². The number of fused-ring (bicyclic) bond motifs is 1. The Bertz CT molecular complexity index is 509. The molecule has 1 aliphatic carbocycles. The lowest BCUT2D eigenvalue weighted by Gasteiger charge is -2.26. The van der Waals surface area contributed by atoms with Crippen molar-refractivity contribution in [1.29, 1.82) is 0 Å². The smallest absolute Gasteiger partial charge is 0.410 e. The molecule has 0 radical (unpaired) electrons. The Balaban J connectivity index is 1.53. The summed E-state index contributed by atoms with van der Waals surface area (Å²) in [4.78, 5) is 14.0. The van der Waals surface area contributed by atoms with Crippen molar-refractivity contribution in [1.82, 2.24) is 4.90 Å². The summed E-state index contributed by atoms with van der Waals surface area (Å²) in [5.41, 5.74) is 0.732. The lowest BCUT2D eigenvalue weighted by atomic mass is 10.2. The summed E-state index contributed by atoms with van der Waals surface area (Å²) < 4.78 is 11.5. The van der Waals surface area contributed by atoms with Gasteiger partial charge in [-0.3, -0.25) is 0 Å². The molecule has 0 spiro atoms. The number of rotatable bonds is 3. The average molecular weight is 289 g/mol. The zero-order valence-corrected chi connectivity index (χ0v) is 12.9. The Kier molecular flexibility index (Phi) is 3.66. The van der Waals surface area contributed by atoms with Gasteiger partial charge in [-0.2, -0.15) is 0 Å². The van der Waals surface area contributed by atoms with Crippen LogP contribution >= 0.6 is 0 Å². The summed E-state index contributed by atoms with van der Waals surface area (Å²) in [5, 5.41) is 0. The zero-order chi connectivity index (χ0) is 15.0. The average Bonchev–Trinajstić information content (AvgIpc) is 3.11. The lowest BCUT2D eigenvalue weighted by molar-refractivity contribution is 0.00695. The van der Waals surface area contributed by atoms with E-state index in [4.69, 9.17) is 9.47 Å². The van der Waals surface area contributed by atoms with E-state index in [0.717, 1.165) is 6.42 Å². The second-order valence-electron chi connectivity index (χ2n) is 6.93. The van der Waals surface area contributed by atoms with Crippen molar-refractivity contribution in [3.05, 3.63) is 35.9 Å². The maximum absolute atomic E-state index is 12.2. The number of piperidine rings is 1. The summed E-state index contributed by atoms with van der Waals surface area (Å²) in [6, 6.07) is 10.5. The molecule has 0 aromatic heterocycles. The summed E-state index contributed by atoms with van der Waals surface area (Å²) in [6.45, 7) is 6.95. The van der Waals surface area contributed by atoms with Gasteiger partial charge in [0.1, 0.15) is 5.60 Å². The first-order valence-electron chi connectivity index (χ1n) is 7.59. The van der Waals surface area contributed by atoms with Crippen LogP contribution in [-0.4, -0.2) is 35.3 Å². The van der Waals surface area contributed by atoms with Crippen molar-refractivity contribution in [3.63, 3.8) is 0 Å². The van der Waals surface area contributed by atoms with Crippen molar-refractivity contribution >= 4 is 6.09 Å². The largest absolute Gasteiger partial charge is 0.444 e. The lowest BCUT2D eigenvalue weighted by Crippen LogP contribution is -2.38. The number of carbonyl (C=O) groups is 1. The fourth-order valence-corrected chi connectivity index (χ4v) is 2.91. The van der Waals surface area contributed by atoms with Gasteiger partial charge in [-0.05, 0) is 32.8 Å². The van der Waals surface area contributed by atoms with E-state index in [-0.39, 0.29) is 12.2 Å². The van der Waals surface area contributed by atoms with E-state index in [0.29, 0.717) is 25.1 Å². The first kappa shape index (κ1) is 14.4. The van der Waals surface area contributed by atoms with Crippen LogP contribution in [0.15, 0.2) is 30.3 Å². The first-order valence-corrected chi connectivity index (χ1v) is 7.59. The van der Waals surface area contributed by atoms with E-state index in [2.05, 4.69) is 12.1 Å². The van der Waals surface area contributed by atoms with Crippen LogP contribution in [0.2, 0.25) is 0 Å². The number of benzene rings is 1. The highest BCUT2D eigenvalue weighted by atomic mass is 16.6. The Labute approximate surface area is 126 Å². The minimum absolute atomic E-state index is 0.141. The molecule has 4 heteroatoms. The first-order chi connectivity index (χ1) is 9.94. The molecule has 3 atom stereocenters. The van der Waals surface area contributed by atoms with Gasteiger partial charge in [0.25, 0.3) is 0 Å². The Morgan fingerprint density at radius 2 is 2.00 bits per heavy atom. The number of hydrogen-bond acceptors (Lipinski definition) is 3. The van der Waals surface area contributed by atoms with Crippen molar-refractivity contribution in [3.8, 4) is 0 Å². The molecule has 1 saturated carbocycles. The molecule has 3 unspecified atom stereocenters. The molecule has 0 N–H and O–H groups in total. The Morgan fingerprint density at radius 3 is 2.67 bits per heavy atom. The minimum atomic E-state index is -0.440. The van der Waals surface area contributed by atoms with Gasteiger partial charge in [0, 0.05) is 12.0 Å². The van der Waals surface area contributed by atoms with Crippen LogP contribution in [0.5, 0.6) is 0 Å². The molecule has 114 valence electrons. The van der Waals surface area contributed by atoms with Crippen LogP contribution in [-0.2, 0) is 16.1 Å². The molecule has 1 aliphatic heterocycles. The fraction of sp³-hybridized carbons (Fsp3) is 0.588. The van der Waals surface area contributed by atoms with Gasteiger partial charge in [-0.1, -0.05) is 30.3 Å². The van der Waals surface area contributed by atoms with Crippen molar-refractivity contribution in [2.45, 2.75) is 51.5 Å². The molecular weight excluding hydrogens is 266 g/mol. The van der Waals surface area contributed by atoms with Crippen molar-refractivity contribution < 1.29 is 14.3 Å². The highest BCUT2D eigenvalue weighted by Gasteiger charge is 2.56. The second kappa shape index (κ2) is 5.34. The number of nitrogens with zero attached hydrogens (tertiary/aromatic N) is 1. The zero-order valence-electron chi connectivity index (χ0n) is 12.9. The molecule has 1 amide bonds. The molecule has 1 aromatic carbocycles. The summed E-state index contributed by atoms with van der Waals surface area (Å²) in [7, 11) is 0. The van der Waals surface area contributed by atoms with Crippen LogP contribution in [0.3, 0.4) is 0 Å². The Hall–Kier alpha value is -1.55. The quantitative estimate of drug-likeness (QED) is 0.857. The van der Waals surface area contributed by atoms with Crippen LogP contribution in [0.25, 0.3) is 0 Å². The number of ether oxygens (including phenoxy) is 2. The number of amides is 1. The van der Waals surface area contributed by atoms with E-state index in [9.17, 15) is 4.79 Å². The molecule has 4 nitrogen and oxygen atoms in total. The van der Waals surface area contributed by atoms with Crippen LogP contribution in [0.4, 0.5) is 4.79 Å². The van der Waals surface area contributed by atoms with Gasteiger partial charge in [0.2, 0.25) is 0 Å². The van der Waals surface area contributed by atoms with E-state index in [1.54, 1.807) is 0 Å². The van der Waals surface area contributed by atoms with Gasteiger partial charge in [-0.15, -0.1) is 0 Å². The summed E-state index contributed by atoms with van der Waals surface area (Å²) in [6.07, 6.45) is 0.974. The summed E-state index contributed by atoms with van der Waals surface area (Å²) in [5.74, 6) is 0.487. The molecule has 1 saturated heterocycles. The molecular formula is C17H23NO3. The molecule has 1 aromatic rings. The van der Waals surface area contributed by atoms with Gasteiger partial charge in [-0.25, -0.2) is 4.79 Å². The van der Waals surface area contributed by atoms with Crippen LogP contribution in [0.1, 0.15) is 32.8 Å². The maximum Gasteiger partial charge on any atom is 0.410 e. The van der Waals surface area contributed by atoms with Gasteiger partial charge >= 0.3 is 6.09 Å². The van der Waals surface area contributed by atoms with E-state index >= 15 is 0 Å². The number of likely N-dealkylation sites (tertiary alicyclic amines) is 1. The summed E-state index contributed by atoms with van der Waals surface area (Å²) >= 11 is 0. The standard InChI is InChI=1S/C17H23NO3/c1-17(2,3)21-16(19)18-10-15(13-9-14(13)18)20-11-12-7-5-4-6-8-12/h4-8,13-15H,9-11H2,1-3H3. The van der Waals surface area contributed by atoms with E-state index in [1.807, 2.05) is 43.9 Å². The third kappa shape index (κ3) is 3.38. The fourth-order valence-electron chi connectivity index (χ4n) is 2.91. The molecule has 0 bridgehead atoms. The molecule has 2 fully saturated rings. The molecule has 1 heterocycles. The third-order valence-corrected chi connectivity index (χ3v) is 3.99. The van der Waals surface area contributed by atoms with Crippen LogP contribution < -0.4 is 0 Å². The maximum atomic E-state index is 12.2. The third-order valence-electron chi connectivity index (χ3n) is 3.99. The molecule has 21 heavy (non-hydrogen) atoms. The van der Waals surface area contributed by atoms with Gasteiger partial charge in [0.15, 0.2) is 0 Å². The normalized spacial score (nSPS) is 27.4. The highest BCUT2D eigenvalue weighted by molar-refractivity contribution is 5.70. The monoisotopic (exact) mass is 289 g/mol. The second-order valence-corrected chi connectivity index (χ2v) is 6.93. The van der Waals surface area contributed by atoms with E-state index < -0.39 is 5.60 Å². The van der Waals surface area contributed by atoms with E-state index in [1.165, 1.54) is 5.56 Å². The highest BCUT2D eigenvalue weighted by Crippen LogP contribution is 2.46. The van der Waals surface area contributed by atoms with Crippen molar-refractivity contribution in [2.75, 3.05) is 6.54 Å². The van der Waals surface area contributed by atoms with Gasteiger partial charge < -0.3 is 14.4 Å². The number of carbonyl (C=O) groups excluding carboxylic acids is 1. The Morgan fingerprint density at radius 1 is 1.29 bits per heavy atom. The van der Waals surface area contributed by atoms with Crippen molar-refractivity contribution in [2.24, 2.45) is 5.92 Å². The van der Waals surface area contributed by atoms with Gasteiger partial charge in [0.05, 0.1) is 19.3 Å². The molecule has 2 aliphatic rings. The SMILES string of the molecule is CC(C)(C)OC(=O)N1CC(OCc2ccccc2)C2CC21. The predicted octanol–water partition coefficient (Wildman–Crippen LogP) is 3.21. The minimum Gasteiger partial charge on any atom is -0.444 e. The molecule has 3 rings (SSSR count).